The molecule has 146 valence electrons. The summed E-state index contributed by atoms with van der Waals surface area (Å²) in [6, 6.07) is 0.284. The quantitative estimate of drug-likeness (QED) is 0.639. The summed E-state index contributed by atoms with van der Waals surface area (Å²) in [7, 11) is 0. The van der Waals surface area contributed by atoms with Crippen LogP contribution in [-0.4, -0.2) is 56.9 Å². The van der Waals surface area contributed by atoms with Gasteiger partial charge in [0.15, 0.2) is 17.0 Å². The van der Waals surface area contributed by atoms with E-state index in [9.17, 15) is 0 Å². The van der Waals surface area contributed by atoms with Crippen molar-refractivity contribution in [3.63, 3.8) is 0 Å². The molecular formula is C18H26N6O3. The molecule has 0 spiro atoms. The lowest BCUT2D eigenvalue weighted by Gasteiger charge is -2.16. The largest absolute Gasteiger partial charge is 0.478 e. The van der Waals surface area contributed by atoms with Crippen LogP contribution in [0.25, 0.3) is 11.2 Å². The van der Waals surface area contributed by atoms with Gasteiger partial charge < -0.3 is 24.9 Å². The van der Waals surface area contributed by atoms with Gasteiger partial charge in [0.1, 0.15) is 0 Å². The second-order valence-corrected chi connectivity index (χ2v) is 6.39. The molecule has 0 aromatic carbocycles. The zero-order chi connectivity index (χ0) is 19.1. The van der Waals surface area contributed by atoms with Gasteiger partial charge in [0.25, 0.3) is 0 Å². The molecule has 2 aromatic rings. The Morgan fingerprint density at radius 2 is 2.11 bits per heavy atom. The van der Waals surface area contributed by atoms with Gasteiger partial charge in [0, 0.05) is 25.5 Å². The fourth-order valence-corrected chi connectivity index (χ4v) is 2.70. The van der Waals surface area contributed by atoms with E-state index in [1.165, 1.54) is 0 Å². The summed E-state index contributed by atoms with van der Waals surface area (Å²) >= 11 is 0. The predicted molar refractivity (Wildman–Crippen MR) is 103 cm³/mol. The zero-order valence-corrected chi connectivity index (χ0v) is 15.5. The number of nitrogen functional groups attached to an aromatic ring is 1. The number of aliphatic hydroxyl groups is 1. The summed E-state index contributed by atoms with van der Waals surface area (Å²) in [6.45, 7) is 4.53. The Labute approximate surface area is 157 Å². The van der Waals surface area contributed by atoms with E-state index in [1.807, 2.05) is 10.6 Å². The Morgan fingerprint density at radius 1 is 1.26 bits per heavy atom. The second kappa shape index (κ2) is 9.31. The first kappa shape index (κ1) is 19.1. The first-order chi connectivity index (χ1) is 13.2. The van der Waals surface area contributed by atoms with Crippen molar-refractivity contribution in [2.45, 2.75) is 32.7 Å². The van der Waals surface area contributed by atoms with Crippen LogP contribution in [0.3, 0.4) is 0 Å². The number of unbranched alkanes of at least 4 members (excludes halogenated alkanes) is 1. The van der Waals surface area contributed by atoms with Crippen LogP contribution in [0.5, 0.6) is 6.01 Å². The van der Waals surface area contributed by atoms with E-state index in [0.717, 1.165) is 12.8 Å². The van der Waals surface area contributed by atoms with Crippen molar-refractivity contribution >= 4 is 22.9 Å². The maximum Gasteiger partial charge on any atom is 0.320 e. The third kappa shape index (κ3) is 4.94. The third-order valence-electron chi connectivity index (χ3n) is 4.18. The van der Waals surface area contributed by atoms with Gasteiger partial charge in [-0.25, -0.2) is 4.98 Å². The molecule has 0 saturated carbocycles. The maximum atomic E-state index is 8.79. The van der Waals surface area contributed by atoms with Crippen LogP contribution in [0.4, 0.5) is 5.82 Å². The van der Waals surface area contributed by atoms with Gasteiger partial charge in [-0.05, 0) is 12.5 Å². The lowest BCUT2D eigenvalue weighted by Crippen LogP contribution is -2.18. The molecule has 3 rings (SSSR count). The fraction of sp³-hybridized carbons (Fsp3) is 0.556. The van der Waals surface area contributed by atoms with E-state index in [0.29, 0.717) is 55.6 Å². The molecule has 27 heavy (non-hydrogen) atoms. The van der Waals surface area contributed by atoms with Crippen LogP contribution in [0.15, 0.2) is 23.5 Å². The van der Waals surface area contributed by atoms with Gasteiger partial charge in [-0.2, -0.15) is 9.97 Å². The molecule has 0 fully saturated rings. The van der Waals surface area contributed by atoms with Crippen LogP contribution < -0.4 is 10.5 Å². The minimum Gasteiger partial charge on any atom is -0.478 e. The number of anilines is 1. The van der Waals surface area contributed by atoms with Crippen molar-refractivity contribution in [3.8, 4) is 6.01 Å². The highest BCUT2D eigenvalue weighted by Crippen LogP contribution is 2.21. The average Bonchev–Trinajstić information content (AvgIpc) is 3.07. The number of ether oxygens (including phenoxy) is 2. The molecule has 1 aliphatic heterocycles. The highest BCUT2D eigenvalue weighted by molar-refractivity contribution is 5.88. The van der Waals surface area contributed by atoms with Gasteiger partial charge in [-0.15, -0.1) is 0 Å². The highest BCUT2D eigenvalue weighted by Gasteiger charge is 2.16. The highest BCUT2D eigenvalue weighted by atomic mass is 16.5. The van der Waals surface area contributed by atoms with E-state index >= 15 is 0 Å². The topological polar surface area (TPSA) is 121 Å². The molecule has 0 amide bonds. The number of hydrogen-bond donors (Lipinski definition) is 2. The molecule has 3 heterocycles. The van der Waals surface area contributed by atoms with Crippen LogP contribution in [0, 0.1) is 5.92 Å². The Kier molecular flexibility index (Phi) is 6.59. The van der Waals surface area contributed by atoms with E-state index in [-0.39, 0.29) is 18.5 Å². The van der Waals surface area contributed by atoms with Crippen molar-refractivity contribution in [1.29, 1.82) is 0 Å². The van der Waals surface area contributed by atoms with E-state index in [2.05, 4.69) is 32.9 Å². The van der Waals surface area contributed by atoms with Gasteiger partial charge in [-0.1, -0.05) is 19.4 Å². The van der Waals surface area contributed by atoms with E-state index < -0.39 is 0 Å². The first-order valence-electron chi connectivity index (χ1n) is 9.28. The molecule has 1 aliphatic rings. The number of nitrogens with zero attached hydrogens (tertiary/aromatic N) is 5. The number of hydrogen-bond acceptors (Lipinski definition) is 8. The van der Waals surface area contributed by atoms with Crippen LogP contribution in [0.2, 0.25) is 0 Å². The van der Waals surface area contributed by atoms with Crippen LogP contribution in [-0.2, 0) is 11.3 Å². The van der Waals surface area contributed by atoms with E-state index in [1.54, 1.807) is 6.33 Å². The van der Waals surface area contributed by atoms with Gasteiger partial charge in [0.05, 0.1) is 26.1 Å². The summed E-state index contributed by atoms with van der Waals surface area (Å²) in [5, 5.41) is 8.79. The SMILES string of the molecule is CCCCOc1nc(N)c2ncn(CC3C=CC(OCCCO)=NC3)c2n1. The molecule has 9 heteroatoms. The molecule has 1 atom stereocenters. The Bertz CT molecular complexity index is 817. The average molecular weight is 374 g/mol. The summed E-state index contributed by atoms with van der Waals surface area (Å²) in [4.78, 5) is 17.4. The summed E-state index contributed by atoms with van der Waals surface area (Å²) in [5.41, 5.74) is 7.25. The van der Waals surface area contributed by atoms with Crippen molar-refractivity contribution in [1.82, 2.24) is 19.5 Å². The monoisotopic (exact) mass is 374 g/mol. The smallest absolute Gasteiger partial charge is 0.320 e. The third-order valence-corrected chi connectivity index (χ3v) is 4.18. The Hall–Kier alpha value is -2.68. The zero-order valence-electron chi connectivity index (χ0n) is 15.5. The number of aromatic nitrogens is 4. The standard InChI is InChI=1S/C18H26N6O3/c1-2-3-8-27-18-22-16(19)15-17(23-18)24(12-21-15)11-13-5-6-14(20-10-13)26-9-4-7-25/h5-6,12-13,25H,2-4,7-11H2,1H3,(H2,19,22,23). The van der Waals surface area contributed by atoms with Gasteiger partial charge in [-0.3, -0.25) is 4.99 Å². The Morgan fingerprint density at radius 3 is 2.85 bits per heavy atom. The molecule has 1 unspecified atom stereocenters. The number of aliphatic imine (C=N–C) groups is 1. The minimum atomic E-state index is 0.114. The number of nitrogens with two attached hydrogens (primary N) is 1. The van der Waals surface area contributed by atoms with Gasteiger partial charge >= 0.3 is 6.01 Å². The predicted octanol–water partition coefficient (Wildman–Crippen LogP) is 1.57. The summed E-state index contributed by atoms with van der Waals surface area (Å²) < 4.78 is 13.0. The normalized spacial score (nSPS) is 16.5. The summed E-state index contributed by atoms with van der Waals surface area (Å²) in [6.07, 6.45) is 8.23. The number of rotatable bonds is 9. The minimum absolute atomic E-state index is 0.114. The maximum absolute atomic E-state index is 8.79. The van der Waals surface area contributed by atoms with Crippen molar-refractivity contribution in [2.75, 3.05) is 32.1 Å². The number of fused-ring (bicyclic) bond motifs is 1. The molecular weight excluding hydrogens is 348 g/mol. The van der Waals surface area contributed by atoms with Crippen LogP contribution >= 0.6 is 0 Å². The lowest BCUT2D eigenvalue weighted by molar-refractivity contribution is 0.227. The summed E-state index contributed by atoms with van der Waals surface area (Å²) in [5.74, 6) is 1.13. The molecule has 2 aromatic heterocycles. The number of imidazole rings is 1. The lowest BCUT2D eigenvalue weighted by atomic mass is 10.1. The number of dihydropyridines is 1. The molecule has 0 radical (unpaired) electrons. The van der Waals surface area contributed by atoms with E-state index in [4.69, 9.17) is 20.3 Å². The van der Waals surface area contributed by atoms with Crippen LogP contribution in [0.1, 0.15) is 26.2 Å². The van der Waals surface area contributed by atoms with Crippen molar-refractivity contribution in [2.24, 2.45) is 10.9 Å². The molecule has 0 saturated heterocycles. The molecule has 0 aliphatic carbocycles. The number of aliphatic hydroxyl groups excluding tert-OH is 1. The van der Waals surface area contributed by atoms with Gasteiger partial charge in [0.2, 0.25) is 5.90 Å². The second-order valence-electron chi connectivity index (χ2n) is 6.39. The molecule has 9 nitrogen and oxygen atoms in total. The van der Waals surface area contributed by atoms with Crippen molar-refractivity contribution < 1.29 is 14.6 Å². The Balaban J connectivity index is 1.66. The molecule has 0 bridgehead atoms. The first-order valence-corrected chi connectivity index (χ1v) is 9.28. The molecule has 3 N–H and O–H groups in total. The fourth-order valence-electron chi connectivity index (χ4n) is 2.70. The van der Waals surface area contributed by atoms with Crippen molar-refractivity contribution in [3.05, 3.63) is 18.5 Å².